The van der Waals surface area contributed by atoms with E-state index in [1.165, 1.54) is 12.8 Å². The van der Waals surface area contributed by atoms with Crippen LogP contribution in [0.4, 0.5) is 0 Å². The van der Waals surface area contributed by atoms with E-state index in [0.717, 1.165) is 0 Å². The first-order chi connectivity index (χ1) is 8.78. The first kappa shape index (κ1) is 12.4. The third-order valence-corrected chi connectivity index (χ3v) is 2.99. The first-order valence-electron chi connectivity index (χ1n) is 5.94. The molecule has 1 aliphatic carbocycles. The molecule has 0 bridgehead atoms. The van der Waals surface area contributed by atoms with Gasteiger partial charge in [-0.25, -0.2) is 0 Å². The van der Waals surface area contributed by atoms with Crippen LogP contribution in [0, 0.1) is 17.2 Å². The second-order valence-corrected chi connectivity index (χ2v) is 4.41. The second kappa shape index (κ2) is 5.54. The Morgan fingerprint density at radius 2 is 2.28 bits per heavy atom. The maximum Gasteiger partial charge on any atom is 0.161 e. The van der Waals surface area contributed by atoms with Gasteiger partial charge in [0.05, 0.1) is 19.8 Å². The lowest BCUT2D eigenvalue weighted by atomic mass is 10.0. The maximum atomic E-state index is 10.7. The highest BCUT2D eigenvalue weighted by Crippen LogP contribution is 2.34. The number of nitrogens with zero attached hydrogens (tertiary/aromatic N) is 1. The molecule has 2 rings (SSSR count). The molecule has 1 atom stereocenters. The number of ether oxygens (including phenoxy) is 2. The highest BCUT2D eigenvalue weighted by Gasteiger charge is 2.22. The van der Waals surface area contributed by atoms with Crippen LogP contribution in [-0.2, 0) is 4.79 Å². The van der Waals surface area contributed by atoms with Crippen molar-refractivity contribution in [2.75, 3.05) is 13.7 Å². The number of methoxy groups -OCH3 is 1. The van der Waals surface area contributed by atoms with Crippen molar-refractivity contribution in [3.8, 4) is 17.6 Å². The topological polar surface area (TPSA) is 59.3 Å². The zero-order valence-electron chi connectivity index (χ0n) is 10.3. The van der Waals surface area contributed by atoms with Crippen LogP contribution in [0.25, 0.3) is 0 Å². The Hall–Kier alpha value is -2.02. The minimum Gasteiger partial charge on any atom is -0.493 e. The zero-order chi connectivity index (χ0) is 13.0. The lowest BCUT2D eigenvalue weighted by Gasteiger charge is -2.12. The fourth-order valence-electron chi connectivity index (χ4n) is 1.67. The van der Waals surface area contributed by atoms with E-state index < -0.39 is 5.92 Å². The summed E-state index contributed by atoms with van der Waals surface area (Å²) in [5.74, 6) is 1.14. The standard InChI is InChI=1S/C14H15NO3/c1-17-14-6-11(12(7-15)8-16)4-5-13(14)18-9-10-2-3-10/h4-6,8,10,12H,2-3,9H2,1H3. The van der Waals surface area contributed by atoms with Gasteiger partial charge in [-0.3, -0.25) is 0 Å². The van der Waals surface area contributed by atoms with Crippen LogP contribution in [0.1, 0.15) is 24.3 Å². The summed E-state index contributed by atoms with van der Waals surface area (Å²) in [6.07, 6.45) is 3.07. The summed E-state index contributed by atoms with van der Waals surface area (Å²) in [6, 6.07) is 7.10. The van der Waals surface area contributed by atoms with E-state index in [9.17, 15) is 4.79 Å². The van der Waals surface area contributed by atoms with Crippen molar-refractivity contribution < 1.29 is 14.3 Å². The molecule has 94 valence electrons. The van der Waals surface area contributed by atoms with Crippen molar-refractivity contribution in [1.82, 2.24) is 0 Å². The minimum absolute atomic E-state index is 0.565. The van der Waals surface area contributed by atoms with Crippen molar-refractivity contribution in [3.63, 3.8) is 0 Å². The summed E-state index contributed by atoms with van der Waals surface area (Å²) < 4.78 is 10.9. The van der Waals surface area contributed by atoms with Crippen molar-refractivity contribution in [2.24, 2.45) is 5.92 Å². The van der Waals surface area contributed by atoms with Gasteiger partial charge in [0.25, 0.3) is 0 Å². The zero-order valence-corrected chi connectivity index (χ0v) is 10.3. The summed E-state index contributed by atoms with van der Waals surface area (Å²) in [4.78, 5) is 10.7. The molecule has 0 heterocycles. The van der Waals surface area contributed by atoms with Gasteiger partial charge in [0, 0.05) is 0 Å². The van der Waals surface area contributed by atoms with E-state index in [2.05, 4.69) is 0 Å². The predicted molar refractivity (Wildman–Crippen MR) is 65.6 cm³/mol. The van der Waals surface area contributed by atoms with Crippen LogP contribution in [-0.4, -0.2) is 20.0 Å². The normalized spacial score (nSPS) is 15.6. The Labute approximate surface area is 106 Å². The summed E-state index contributed by atoms with van der Waals surface area (Å²) in [5.41, 5.74) is 0.628. The number of carbonyl (C=O) groups is 1. The van der Waals surface area contributed by atoms with Crippen LogP contribution in [0.5, 0.6) is 11.5 Å². The number of hydrogen-bond acceptors (Lipinski definition) is 4. The minimum atomic E-state index is -0.753. The lowest BCUT2D eigenvalue weighted by molar-refractivity contribution is -0.108. The summed E-state index contributed by atoms with van der Waals surface area (Å²) in [6.45, 7) is 0.699. The Kier molecular flexibility index (Phi) is 3.83. The SMILES string of the molecule is COc1cc(C(C#N)C=O)ccc1OCC1CC1. The van der Waals surface area contributed by atoms with Gasteiger partial charge in [-0.05, 0) is 36.5 Å². The average molecular weight is 245 g/mol. The number of rotatable bonds is 6. The molecule has 0 aliphatic heterocycles. The van der Waals surface area contributed by atoms with Gasteiger partial charge in [-0.2, -0.15) is 5.26 Å². The van der Waals surface area contributed by atoms with Crippen molar-refractivity contribution >= 4 is 6.29 Å². The molecule has 0 aromatic heterocycles. The van der Waals surface area contributed by atoms with Crippen molar-refractivity contribution in [3.05, 3.63) is 23.8 Å². The fourth-order valence-corrected chi connectivity index (χ4v) is 1.67. The van der Waals surface area contributed by atoms with Gasteiger partial charge in [-0.1, -0.05) is 6.07 Å². The smallest absolute Gasteiger partial charge is 0.161 e. The molecule has 1 saturated carbocycles. The lowest BCUT2D eigenvalue weighted by Crippen LogP contribution is -2.03. The van der Waals surface area contributed by atoms with Crippen molar-refractivity contribution in [1.29, 1.82) is 5.26 Å². The Morgan fingerprint density at radius 3 is 2.83 bits per heavy atom. The molecule has 1 aromatic rings. The molecule has 0 N–H and O–H groups in total. The molecule has 4 nitrogen and oxygen atoms in total. The summed E-state index contributed by atoms with van der Waals surface area (Å²) in [7, 11) is 1.55. The molecular weight excluding hydrogens is 230 g/mol. The van der Waals surface area contributed by atoms with Gasteiger partial charge in [0.15, 0.2) is 11.5 Å². The summed E-state index contributed by atoms with van der Waals surface area (Å²) >= 11 is 0. The first-order valence-corrected chi connectivity index (χ1v) is 5.94. The second-order valence-electron chi connectivity index (χ2n) is 4.41. The molecule has 1 aromatic carbocycles. The molecule has 1 aliphatic rings. The maximum absolute atomic E-state index is 10.7. The van der Waals surface area contributed by atoms with Gasteiger partial charge >= 0.3 is 0 Å². The number of aldehydes is 1. The number of carbonyl (C=O) groups excluding carboxylic acids is 1. The van der Waals surface area contributed by atoms with E-state index in [1.54, 1.807) is 25.3 Å². The summed E-state index contributed by atoms with van der Waals surface area (Å²) in [5, 5.41) is 8.84. The Bertz CT molecular complexity index is 474. The molecule has 0 radical (unpaired) electrons. The van der Waals surface area contributed by atoms with Crippen LogP contribution < -0.4 is 9.47 Å². The molecule has 0 amide bonds. The van der Waals surface area contributed by atoms with E-state index >= 15 is 0 Å². The third kappa shape index (κ3) is 2.80. The van der Waals surface area contributed by atoms with E-state index in [4.69, 9.17) is 14.7 Å². The van der Waals surface area contributed by atoms with E-state index in [1.807, 2.05) is 6.07 Å². The van der Waals surface area contributed by atoms with Gasteiger partial charge in [-0.15, -0.1) is 0 Å². The van der Waals surface area contributed by atoms with E-state index in [0.29, 0.717) is 35.9 Å². The van der Waals surface area contributed by atoms with Crippen molar-refractivity contribution in [2.45, 2.75) is 18.8 Å². The number of benzene rings is 1. The van der Waals surface area contributed by atoms with Gasteiger partial charge < -0.3 is 14.3 Å². The van der Waals surface area contributed by atoms with Crippen LogP contribution in [0.2, 0.25) is 0 Å². The largest absolute Gasteiger partial charge is 0.493 e. The van der Waals surface area contributed by atoms with Gasteiger partial charge in [0.1, 0.15) is 12.2 Å². The number of nitriles is 1. The molecule has 1 unspecified atom stereocenters. The fraction of sp³-hybridized carbons (Fsp3) is 0.429. The molecule has 4 heteroatoms. The molecule has 0 spiro atoms. The quantitative estimate of drug-likeness (QED) is 0.721. The third-order valence-electron chi connectivity index (χ3n) is 2.99. The Balaban J connectivity index is 2.16. The molecular formula is C14H15NO3. The highest BCUT2D eigenvalue weighted by atomic mass is 16.5. The highest BCUT2D eigenvalue weighted by molar-refractivity contribution is 5.67. The monoisotopic (exact) mass is 245 g/mol. The van der Waals surface area contributed by atoms with Crippen LogP contribution in [0.15, 0.2) is 18.2 Å². The van der Waals surface area contributed by atoms with Crippen LogP contribution in [0.3, 0.4) is 0 Å². The van der Waals surface area contributed by atoms with E-state index in [-0.39, 0.29) is 0 Å². The molecule has 18 heavy (non-hydrogen) atoms. The molecule has 0 saturated heterocycles. The van der Waals surface area contributed by atoms with Crippen LogP contribution >= 0.6 is 0 Å². The predicted octanol–water partition coefficient (Wildman–Crippen LogP) is 2.29. The number of hydrogen-bond donors (Lipinski definition) is 0. The van der Waals surface area contributed by atoms with Gasteiger partial charge in [0.2, 0.25) is 0 Å². The molecule has 1 fully saturated rings. The Morgan fingerprint density at radius 1 is 1.50 bits per heavy atom. The average Bonchev–Trinajstić information content (AvgIpc) is 3.22.